The van der Waals surface area contributed by atoms with E-state index >= 15 is 0 Å². The van der Waals surface area contributed by atoms with Crippen molar-refractivity contribution in [2.45, 2.75) is 0 Å². The average Bonchev–Trinajstić information content (AvgIpc) is 3.03. The molecule has 1 aliphatic rings. The van der Waals surface area contributed by atoms with Crippen molar-refractivity contribution in [2.75, 3.05) is 10.6 Å². The molecular formula is C19H12Cl3N3. The summed E-state index contributed by atoms with van der Waals surface area (Å²) in [6.45, 7) is 0. The maximum absolute atomic E-state index is 8.21. The highest BCUT2D eigenvalue weighted by Crippen LogP contribution is 2.37. The summed E-state index contributed by atoms with van der Waals surface area (Å²) < 4.78 is 0. The van der Waals surface area contributed by atoms with Crippen LogP contribution in [0.25, 0.3) is 22.9 Å². The van der Waals surface area contributed by atoms with Crippen LogP contribution in [0.1, 0.15) is 11.1 Å². The summed E-state index contributed by atoms with van der Waals surface area (Å²) in [7, 11) is 0. The van der Waals surface area contributed by atoms with Crippen molar-refractivity contribution >= 4 is 75.1 Å². The zero-order valence-electron chi connectivity index (χ0n) is 12.8. The van der Waals surface area contributed by atoms with Gasteiger partial charge in [0.15, 0.2) is 5.96 Å². The van der Waals surface area contributed by atoms with Gasteiger partial charge in [-0.3, -0.25) is 5.41 Å². The van der Waals surface area contributed by atoms with Gasteiger partial charge in [0.05, 0.1) is 20.8 Å². The van der Waals surface area contributed by atoms with Crippen LogP contribution in [-0.2, 0) is 0 Å². The molecule has 3 aromatic carbocycles. The highest BCUT2D eigenvalue weighted by molar-refractivity contribution is 6.49. The van der Waals surface area contributed by atoms with E-state index in [0.717, 1.165) is 11.1 Å². The number of nitrogens with one attached hydrogen (secondary N) is 3. The minimum Gasteiger partial charge on any atom is -0.326 e. The number of halogens is 3. The van der Waals surface area contributed by atoms with Crippen LogP contribution in [0.5, 0.6) is 0 Å². The molecular weight excluding hydrogens is 377 g/mol. The summed E-state index contributed by atoms with van der Waals surface area (Å²) in [5.41, 5.74) is 3.73. The minimum atomic E-state index is 0.0898. The summed E-state index contributed by atoms with van der Waals surface area (Å²) in [6, 6.07) is 13.4. The molecule has 0 heterocycles. The Morgan fingerprint density at radius 3 is 2.24 bits per heavy atom. The van der Waals surface area contributed by atoms with Gasteiger partial charge in [0.1, 0.15) is 0 Å². The van der Waals surface area contributed by atoms with Gasteiger partial charge in [0, 0.05) is 11.1 Å². The van der Waals surface area contributed by atoms with Crippen LogP contribution in [0, 0.1) is 5.41 Å². The van der Waals surface area contributed by atoms with Gasteiger partial charge in [-0.15, -0.1) is 0 Å². The number of anilines is 2. The third kappa shape index (κ3) is 2.85. The van der Waals surface area contributed by atoms with Crippen molar-refractivity contribution < 1.29 is 0 Å². The molecule has 3 N–H and O–H groups in total. The van der Waals surface area contributed by atoms with Gasteiger partial charge in [-0.25, -0.2) is 0 Å². The lowest BCUT2D eigenvalue weighted by atomic mass is 10.0. The molecule has 0 fully saturated rings. The Hall–Kier alpha value is -2.20. The number of benzene rings is 3. The van der Waals surface area contributed by atoms with E-state index in [1.54, 1.807) is 12.1 Å². The van der Waals surface area contributed by atoms with Crippen LogP contribution >= 0.6 is 34.8 Å². The van der Waals surface area contributed by atoms with Crippen LogP contribution in [0.2, 0.25) is 15.1 Å². The van der Waals surface area contributed by atoms with Crippen LogP contribution in [0.15, 0.2) is 42.5 Å². The van der Waals surface area contributed by atoms with Crippen molar-refractivity contribution in [1.29, 1.82) is 5.41 Å². The van der Waals surface area contributed by atoms with Gasteiger partial charge in [-0.05, 0) is 34.7 Å². The average molecular weight is 389 g/mol. The molecule has 0 aliphatic heterocycles. The molecule has 0 atom stereocenters. The van der Waals surface area contributed by atoms with Crippen LogP contribution in [0.4, 0.5) is 11.4 Å². The van der Waals surface area contributed by atoms with E-state index in [9.17, 15) is 0 Å². The first-order chi connectivity index (χ1) is 12.0. The molecule has 0 amide bonds. The predicted molar refractivity (Wildman–Crippen MR) is 109 cm³/mol. The molecule has 0 saturated heterocycles. The molecule has 1 aliphatic carbocycles. The Labute approximate surface area is 159 Å². The van der Waals surface area contributed by atoms with Crippen LogP contribution in [0.3, 0.4) is 0 Å². The molecule has 0 bridgehead atoms. The molecule has 0 unspecified atom stereocenters. The first-order valence-electron chi connectivity index (χ1n) is 7.54. The van der Waals surface area contributed by atoms with E-state index in [1.807, 2.05) is 24.3 Å². The van der Waals surface area contributed by atoms with Gasteiger partial charge in [-0.1, -0.05) is 71.2 Å². The van der Waals surface area contributed by atoms with Gasteiger partial charge >= 0.3 is 0 Å². The van der Waals surface area contributed by atoms with Gasteiger partial charge in [0.25, 0.3) is 0 Å². The molecule has 0 aromatic heterocycles. The molecule has 124 valence electrons. The van der Waals surface area contributed by atoms with E-state index in [0.29, 0.717) is 10.7 Å². The fraction of sp³-hybridized carbons (Fsp3) is 0. The lowest BCUT2D eigenvalue weighted by molar-refractivity contribution is 1.44. The first kappa shape index (κ1) is 16.3. The van der Waals surface area contributed by atoms with Crippen molar-refractivity contribution in [3.8, 4) is 0 Å². The summed E-state index contributed by atoms with van der Waals surface area (Å²) in [4.78, 5) is 0. The molecule has 0 radical (unpaired) electrons. The van der Waals surface area contributed by atoms with E-state index in [-0.39, 0.29) is 16.0 Å². The summed E-state index contributed by atoms with van der Waals surface area (Å²) >= 11 is 18.2. The predicted octanol–water partition coefficient (Wildman–Crippen LogP) is 6.74. The highest BCUT2D eigenvalue weighted by Gasteiger charge is 2.13. The second-order valence-corrected chi connectivity index (χ2v) is 6.82. The maximum atomic E-state index is 8.21. The molecule has 25 heavy (non-hydrogen) atoms. The maximum Gasteiger partial charge on any atom is 0.197 e. The third-order valence-corrected chi connectivity index (χ3v) is 5.40. The van der Waals surface area contributed by atoms with Gasteiger partial charge in [-0.2, -0.15) is 0 Å². The van der Waals surface area contributed by atoms with E-state index in [1.165, 1.54) is 16.5 Å². The zero-order chi connectivity index (χ0) is 17.6. The van der Waals surface area contributed by atoms with Crippen molar-refractivity contribution in [2.24, 2.45) is 0 Å². The Balaban J connectivity index is 1.63. The van der Waals surface area contributed by atoms with Gasteiger partial charge in [0.2, 0.25) is 0 Å². The largest absolute Gasteiger partial charge is 0.326 e. The molecule has 0 saturated carbocycles. The number of rotatable bonds is 2. The van der Waals surface area contributed by atoms with E-state index < -0.39 is 0 Å². The molecule has 0 spiro atoms. The molecule has 3 nitrogen and oxygen atoms in total. The number of hydrogen-bond acceptors (Lipinski definition) is 1. The lowest BCUT2D eigenvalue weighted by Gasteiger charge is -2.15. The smallest absolute Gasteiger partial charge is 0.197 e. The van der Waals surface area contributed by atoms with E-state index in [4.69, 9.17) is 40.2 Å². The van der Waals surface area contributed by atoms with E-state index in [2.05, 4.69) is 28.9 Å². The second-order valence-electron chi connectivity index (χ2n) is 5.65. The fourth-order valence-corrected chi connectivity index (χ4v) is 3.54. The fourth-order valence-electron chi connectivity index (χ4n) is 2.95. The minimum absolute atomic E-state index is 0.0898. The summed E-state index contributed by atoms with van der Waals surface area (Å²) in [5, 5.41) is 17.4. The monoisotopic (exact) mass is 387 g/mol. The van der Waals surface area contributed by atoms with Crippen molar-refractivity contribution in [3.05, 3.63) is 68.7 Å². The zero-order valence-corrected chi connectivity index (χ0v) is 15.1. The second kappa shape index (κ2) is 6.26. The van der Waals surface area contributed by atoms with Crippen LogP contribution in [-0.4, -0.2) is 5.96 Å². The normalized spacial score (nSPS) is 11.8. The lowest BCUT2D eigenvalue weighted by Crippen LogP contribution is -2.20. The SMILES string of the molecule is N=C(Nc1ccc(Cl)c(Cl)c1Cl)Nc1ccc2c3c(cccc13)C=C2. The molecule has 3 aromatic rings. The molecule has 4 rings (SSSR count). The topological polar surface area (TPSA) is 47.9 Å². The van der Waals surface area contributed by atoms with Crippen molar-refractivity contribution in [3.63, 3.8) is 0 Å². The Morgan fingerprint density at radius 2 is 1.44 bits per heavy atom. The van der Waals surface area contributed by atoms with Crippen molar-refractivity contribution in [1.82, 2.24) is 0 Å². The quantitative estimate of drug-likeness (QED) is 0.202. The summed E-state index contributed by atoms with van der Waals surface area (Å²) in [5.74, 6) is 0.0898. The standard InChI is InChI=1S/C19H12Cl3N3/c20-13-7-9-15(18(22)17(13)21)25-19(23)24-14-8-6-11-5-4-10-2-1-3-12(14)16(10)11/h1-9H,(H3,23,24,25). The molecule has 6 heteroatoms. The highest BCUT2D eigenvalue weighted by atomic mass is 35.5. The Kier molecular flexibility index (Phi) is 4.08. The van der Waals surface area contributed by atoms with Crippen LogP contribution < -0.4 is 10.6 Å². The number of hydrogen-bond donors (Lipinski definition) is 3. The van der Waals surface area contributed by atoms with Gasteiger partial charge < -0.3 is 10.6 Å². The first-order valence-corrected chi connectivity index (χ1v) is 8.68. The Bertz CT molecular complexity index is 1050. The Morgan fingerprint density at radius 1 is 0.760 bits per heavy atom. The number of guanidine groups is 1. The third-order valence-electron chi connectivity index (χ3n) is 4.10. The summed E-state index contributed by atoms with van der Waals surface area (Å²) in [6.07, 6.45) is 4.20.